The first-order valence-electron chi connectivity index (χ1n) is 8.80. The van der Waals surface area contributed by atoms with E-state index >= 15 is 0 Å². The van der Waals surface area contributed by atoms with Crippen molar-refractivity contribution in [3.05, 3.63) is 54.1 Å². The third kappa shape index (κ3) is 3.67. The highest BCUT2D eigenvalue weighted by Gasteiger charge is 2.23. The lowest BCUT2D eigenvalue weighted by Crippen LogP contribution is -2.39. The normalized spacial score (nSPS) is 17.5. The molecular weight excluding hydrogens is 328 g/mol. The molecule has 2 amide bonds. The van der Waals surface area contributed by atoms with Gasteiger partial charge in [-0.05, 0) is 30.2 Å². The summed E-state index contributed by atoms with van der Waals surface area (Å²) in [6.07, 6.45) is 0.962. The molecule has 0 saturated carbocycles. The largest absolute Gasteiger partial charge is 0.334 e. The molecule has 2 aromatic carbocycles. The Morgan fingerprint density at radius 3 is 2.92 bits per heavy atom. The monoisotopic (exact) mass is 350 g/mol. The van der Waals surface area contributed by atoms with Gasteiger partial charge in [-0.25, -0.2) is 9.48 Å². The lowest BCUT2D eigenvalue weighted by Gasteiger charge is -2.17. The first-order chi connectivity index (χ1) is 12.7. The summed E-state index contributed by atoms with van der Waals surface area (Å²) in [5.74, 6) is 0. The van der Waals surface area contributed by atoms with Crippen molar-refractivity contribution in [1.82, 2.24) is 25.2 Å². The minimum absolute atomic E-state index is 0.166. The summed E-state index contributed by atoms with van der Waals surface area (Å²) in [5, 5.41) is 14.0. The van der Waals surface area contributed by atoms with Crippen LogP contribution in [-0.4, -0.2) is 45.1 Å². The molecule has 1 aromatic heterocycles. The first-order valence-corrected chi connectivity index (χ1v) is 8.80. The maximum Gasteiger partial charge on any atom is 0.319 e. The SMILES string of the molecule is Cn1nnc2cc(NC(=O)N[C@H]3CCN(Cc4ccccc4)C3)ccc21. The maximum atomic E-state index is 12.3. The molecular formula is C19H22N6O. The van der Waals surface area contributed by atoms with Crippen LogP contribution in [0.4, 0.5) is 10.5 Å². The van der Waals surface area contributed by atoms with Crippen molar-refractivity contribution >= 4 is 22.8 Å². The highest BCUT2D eigenvalue weighted by molar-refractivity contribution is 5.92. The fourth-order valence-corrected chi connectivity index (χ4v) is 3.41. The number of nitrogens with one attached hydrogen (secondary N) is 2. The number of hydrogen-bond acceptors (Lipinski definition) is 4. The smallest absolute Gasteiger partial charge is 0.319 e. The van der Waals surface area contributed by atoms with E-state index < -0.39 is 0 Å². The van der Waals surface area contributed by atoms with Crippen LogP contribution in [-0.2, 0) is 13.6 Å². The van der Waals surface area contributed by atoms with Crippen LogP contribution in [0.2, 0.25) is 0 Å². The molecule has 0 spiro atoms. The Kier molecular flexibility index (Phi) is 4.53. The van der Waals surface area contributed by atoms with Crippen molar-refractivity contribution in [2.45, 2.75) is 19.0 Å². The number of aryl methyl sites for hydroxylation is 1. The number of hydrogen-bond donors (Lipinski definition) is 2. The Labute approximate surface area is 152 Å². The van der Waals surface area contributed by atoms with Crippen LogP contribution in [0.3, 0.4) is 0 Å². The molecule has 1 saturated heterocycles. The van der Waals surface area contributed by atoms with Gasteiger partial charge >= 0.3 is 6.03 Å². The molecule has 1 aliphatic rings. The Bertz CT molecular complexity index is 907. The quantitative estimate of drug-likeness (QED) is 0.757. The van der Waals surface area contributed by atoms with Crippen LogP contribution in [0.5, 0.6) is 0 Å². The highest BCUT2D eigenvalue weighted by atomic mass is 16.2. The Morgan fingerprint density at radius 2 is 2.08 bits per heavy atom. The standard InChI is InChI=1S/C19H22N6O/c1-24-18-8-7-15(11-17(18)22-23-24)20-19(26)21-16-9-10-25(13-16)12-14-5-3-2-4-6-14/h2-8,11,16H,9-10,12-13H2,1H3,(H2,20,21,26)/t16-/m0/s1. The van der Waals surface area contributed by atoms with Gasteiger partial charge < -0.3 is 10.6 Å². The average Bonchev–Trinajstić information content (AvgIpc) is 3.22. The molecule has 7 heteroatoms. The molecule has 2 N–H and O–H groups in total. The second kappa shape index (κ2) is 7.13. The van der Waals surface area contributed by atoms with Crippen LogP contribution in [0, 0.1) is 0 Å². The lowest BCUT2D eigenvalue weighted by molar-refractivity contribution is 0.247. The number of likely N-dealkylation sites (tertiary alicyclic amines) is 1. The zero-order valence-corrected chi connectivity index (χ0v) is 14.7. The van der Waals surface area contributed by atoms with E-state index in [1.165, 1.54) is 5.56 Å². The number of amides is 2. The molecule has 7 nitrogen and oxygen atoms in total. The lowest BCUT2D eigenvalue weighted by atomic mass is 10.2. The first kappa shape index (κ1) is 16.5. The molecule has 0 aliphatic carbocycles. The fraction of sp³-hybridized carbons (Fsp3) is 0.316. The van der Waals surface area contributed by atoms with Gasteiger partial charge in [0.1, 0.15) is 5.52 Å². The van der Waals surface area contributed by atoms with E-state index in [0.717, 1.165) is 42.8 Å². The van der Waals surface area contributed by atoms with Crippen LogP contribution < -0.4 is 10.6 Å². The Morgan fingerprint density at radius 1 is 1.23 bits per heavy atom. The third-order valence-electron chi connectivity index (χ3n) is 4.73. The highest BCUT2D eigenvalue weighted by Crippen LogP contribution is 2.17. The van der Waals surface area contributed by atoms with E-state index in [9.17, 15) is 4.79 Å². The molecule has 1 aliphatic heterocycles. The van der Waals surface area contributed by atoms with E-state index in [1.807, 2.05) is 31.3 Å². The average molecular weight is 350 g/mol. The molecule has 0 unspecified atom stereocenters. The van der Waals surface area contributed by atoms with Gasteiger partial charge in [0.05, 0.1) is 5.52 Å². The van der Waals surface area contributed by atoms with E-state index in [2.05, 4.69) is 50.1 Å². The summed E-state index contributed by atoms with van der Waals surface area (Å²) in [4.78, 5) is 14.7. The van der Waals surface area contributed by atoms with E-state index in [4.69, 9.17) is 0 Å². The summed E-state index contributed by atoms with van der Waals surface area (Å²) in [7, 11) is 1.84. The summed E-state index contributed by atoms with van der Waals surface area (Å²) in [5.41, 5.74) is 3.72. The number of anilines is 1. The van der Waals surface area contributed by atoms with Gasteiger partial charge in [0.2, 0.25) is 0 Å². The van der Waals surface area contributed by atoms with E-state index in [1.54, 1.807) is 4.68 Å². The minimum Gasteiger partial charge on any atom is -0.334 e. The zero-order chi connectivity index (χ0) is 17.9. The number of carbonyl (C=O) groups excluding carboxylic acids is 1. The zero-order valence-electron chi connectivity index (χ0n) is 14.7. The number of nitrogens with zero attached hydrogens (tertiary/aromatic N) is 4. The molecule has 26 heavy (non-hydrogen) atoms. The van der Waals surface area contributed by atoms with Gasteiger partial charge in [0.25, 0.3) is 0 Å². The van der Waals surface area contributed by atoms with E-state index in [0.29, 0.717) is 0 Å². The Hall–Kier alpha value is -2.93. The summed E-state index contributed by atoms with van der Waals surface area (Å²) in [6.45, 7) is 2.78. The minimum atomic E-state index is -0.181. The number of rotatable bonds is 4. The Balaban J connectivity index is 1.30. The van der Waals surface area contributed by atoms with Crippen LogP contribution in [0.25, 0.3) is 11.0 Å². The topological polar surface area (TPSA) is 75.1 Å². The maximum absolute atomic E-state index is 12.3. The third-order valence-corrected chi connectivity index (χ3v) is 4.73. The van der Waals surface area contributed by atoms with Crippen molar-refractivity contribution in [3.8, 4) is 0 Å². The van der Waals surface area contributed by atoms with Crippen LogP contribution >= 0.6 is 0 Å². The van der Waals surface area contributed by atoms with Crippen molar-refractivity contribution in [1.29, 1.82) is 0 Å². The molecule has 3 aromatic rings. The van der Waals surface area contributed by atoms with Crippen molar-refractivity contribution < 1.29 is 4.79 Å². The van der Waals surface area contributed by atoms with E-state index in [-0.39, 0.29) is 12.1 Å². The van der Waals surface area contributed by atoms with Gasteiger partial charge in [-0.1, -0.05) is 35.5 Å². The van der Waals surface area contributed by atoms with Gasteiger partial charge in [-0.15, -0.1) is 5.10 Å². The predicted octanol–water partition coefficient (Wildman–Crippen LogP) is 2.36. The van der Waals surface area contributed by atoms with Gasteiger partial charge in [0, 0.05) is 38.4 Å². The van der Waals surface area contributed by atoms with Crippen molar-refractivity contribution in [3.63, 3.8) is 0 Å². The van der Waals surface area contributed by atoms with Gasteiger partial charge in [-0.3, -0.25) is 4.90 Å². The summed E-state index contributed by atoms with van der Waals surface area (Å²) < 4.78 is 1.71. The number of carbonyl (C=O) groups is 1. The molecule has 1 atom stereocenters. The number of aromatic nitrogens is 3. The van der Waals surface area contributed by atoms with Gasteiger partial charge in [-0.2, -0.15) is 0 Å². The second-order valence-corrected chi connectivity index (χ2v) is 6.72. The second-order valence-electron chi connectivity index (χ2n) is 6.72. The van der Waals surface area contributed by atoms with Gasteiger partial charge in [0.15, 0.2) is 0 Å². The molecule has 2 heterocycles. The molecule has 1 fully saturated rings. The molecule has 0 radical (unpaired) electrons. The summed E-state index contributed by atoms with van der Waals surface area (Å²) in [6, 6.07) is 16.0. The summed E-state index contributed by atoms with van der Waals surface area (Å²) >= 11 is 0. The van der Waals surface area contributed by atoms with Crippen molar-refractivity contribution in [2.24, 2.45) is 7.05 Å². The number of urea groups is 1. The molecule has 0 bridgehead atoms. The van der Waals surface area contributed by atoms with Crippen LogP contribution in [0.15, 0.2) is 48.5 Å². The number of benzene rings is 2. The number of fused-ring (bicyclic) bond motifs is 1. The molecule has 134 valence electrons. The fourth-order valence-electron chi connectivity index (χ4n) is 3.41. The molecule has 4 rings (SSSR count). The predicted molar refractivity (Wildman–Crippen MR) is 101 cm³/mol. The van der Waals surface area contributed by atoms with Crippen molar-refractivity contribution in [2.75, 3.05) is 18.4 Å². The van der Waals surface area contributed by atoms with Crippen LogP contribution in [0.1, 0.15) is 12.0 Å².